The fourth-order valence-corrected chi connectivity index (χ4v) is 2.27. The molecule has 0 spiro atoms. The van der Waals surface area contributed by atoms with Gasteiger partial charge in [-0.3, -0.25) is 0 Å². The van der Waals surface area contributed by atoms with Gasteiger partial charge in [0.1, 0.15) is 0 Å². The van der Waals surface area contributed by atoms with Crippen LogP contribution in [0.1, 0.15) is 43.9 Å². The van der Waals surface area contributed by atoms with Crippen LogP contribution in [0.25, 0.3) is 0 Å². The van der Waals surface area contributed by atoms with Gasteiger partial charge in [0.25, 0.3) is 0 Å². The molecule has 0 fully saturated rings. The molecule has 20 heavy (non-hydrogen) atoms. The third kappa shape index (κ3) is 4.49. The van der Waals surface area contributed by atoms with E-state index in [-0.39, 0.29) is 12.1 Å². The van der Waals surface area contributed by atoms with Crippen molar-refractivity contribution in [2.24, 2.45) is 11.7 Å². The largest absolute Gasteiger partial charge is 0.416 e. The first-order valence-electron chi connectivity index (χ1n) is 7.03. The SMILES string of the molecule is CCC(CC)CNC(CN)c1ccccc1C(F)(F)F. The maximum atomic E-state index is 13.0. The van der Waals surface area contributed by atoms with Gasteiger partial charge in [0, 0.05) is 12.6 Å². The van der Waals surface area contributed by atoms with E-state index >= 15 is 0 Å². The summed E-state index contributed by atoms with van der Waals surface area (Å²) in [5.41, 5.74) is 5.28. The number of benzene rings is 1. The summed E-state index contributed by atoms with van der Waals surface area (Å²) < 4.78 is 39.0. The average Bonchev–Trinajstić information content (AvgIpc) is 2.43. The summed E-state index contributed by atoms with van der Waals surface area (Å²) in [7, 11) is 0. The molecule has 0 radical (unpaired) electrons. The topological polar surface area (TPSA) is 38.0 Å². The molecule has 0 heterocycles. The predicted molar refractivity (Wildman–Crippen MR) is 75.3 cm³/mol. The highest BCUT2D eigenvalue weighted by atomic mass is 19.4. The van der Waals surface area contributed by atoms with Crippen LogP contribution in [0.15, 0.2) is 24.3 Å². The summed E-state index contributed by atoms with van der Waals surface area (Å²) in [5.74, 6) is 0.460. The number of hydrogen-bond acceptors (Lipinski definition) is 2. The quantitative estimate of drug-likeness (QED) is 0.802. The Morgan fingerprint density at radius 2 is 1.75 bits per heavy atom. The lowest BCUT2D eigenvalue weighted by atomic mass is 9.98. The Balaban J connectivity index is 2.90. The molecule has 1 aromatic rings. The second-order valence-corrected chi connectivity index (χ2v) is 4.96. The van der Waals surface area contributed by atoms with E-state index < -0.39 is 17.8 Å². The first kappa shape index (κ1) is 17.0. The van der Waals surface area contributed by atoms with Crippen molar-refractivity contribution in [3.8, 4) is 0 Å². The Morgan fingerprint density at radius 1 is 1.15 bits per heavy atom. The number of rotatable bonds is 7. The van der Waals surface area contributed by atoms with Crippen LogP contribution in [0.3, 0.4) is 0 Å². The van der Waals surface area contributed by atoms with Crippen LogP contribution in [-0.2, 0) is 6.18 Å². The van der Waals surface area contributed by atoms with E-state index in [9.17, 15) is 13.2 Å². The smallest absolute Gasteiger partial charge is 0.329 e. The standard InChI is InChI=1S/C15H23F3N2/c1-3-11(4-2)10-20-14(9-19)12-7-5-6-8-13(12)15(16,17)18/h5-8,11,14,20H,3-4,9-10,19H2,1-2H3. The molecule has 0 saturated heterocycles. The number of alkyl halides is 3. The van der Waals surface area contributed by atoms with Crippen molar-refractivity contribution in [1.82, 2.24) is 5.32 Å². The van der Waals surface area contributed by atoms with Crippen molar-refractivity contribution < 1.29 is 13.2 Å². The van der Waals surface area contributed by atoms with Gasteiger partial charge in [-0.25, -0.2) is 0 Å². The van der Waals surface area contributed by atoms with Gasteiger partial charge in [-0.15, -0.1) is 0 Å². The number of halogens is 3. The van der Waals surface area contributed by atoms with Crippen molar-refractivity contribution in [3.05, 3.63) is 35.4 Å². The zero-order valence-corrected chi connectivity index (χ0v) is 12.0. The maximum Gasteiger partial charge on any atom is 0.416 e. The third-order valence-electron chi connectivity index (χ3n) is 3.68. The summed E-state index contributed by atoms with van der Waals surface area (Å²) >= 11 is 0. The number of nitrogens with two attached hydrogens (primary N) is 1. The Morgan fingerprint density at radius 3 is 2.25 bits per heavy atom. The Hall–Kier alpha value is -1.07. The molecule has 5 heteroatoms. The van der Waals surface area contributed by atoms with Crippen LogP contribution in [0.4, 0.5) is 13.2 Å². The van der Waals surface area contributed by atoms with Gasteiger partial charge < -0.3 is 11.1 Å². The minimum Gasteiger partial charge on any atom is -0.329 e. The molecule has 1 unspecified atom stereocenters. The highest BCUT2D eigenvalue weighted by Gasteiger charge is 2.34. The molecule has 2 nitrogen and oxygen atoms in total. The molecular formula is C15H23F3N2. The van der Waals surface area contributed by atoms with Crippen LogP contribution < -0.4 is 11.1 Å². The first-order chi connectivity index (χ1) is 9.43. The zero-order chi connectivity index (χ0) is 15.2. The van der Waals surface area contributed by atoms with Crippen LogP contribution >= 0.6 is 0 Å². The molecule has 0 amide bonds. The molecule has 3 N–H and O–H groups in total. The Bertz CT molecular complexity index is 400. The number of hydrogen-bond donors (Lipinski definition) is 2. The van der Waals surface area contributed by atoms with Gasteiger partial charge >= 0.3 is 6.18 Å². The lowest BCUT2D eigenvalue weighted by Gasteiger charge is -2.24. The molecule has 0 saturated carbocycles. The third-order valence-corrected chi connectivity index (χ3v) is 3.68. The summed E-state index contributed by atoms with van der Waals surface area (Å²) in [6.45, 7) is 4.99. The van der Waals surface area contributed by atoms with E-state index in [0.29, 0.717) is 12.5 Å². The lowest BCUT2D eigenvalue weighted by Crippen LogP contribution is -2.33. The van der Waals surface area contributed by atoms with Crippen molar-refractivity contribution in [3.63, 3.8) is 0 Å². The molecule has 0 bridgehead atoms. The summed E-state index contributed by atoms with van der Waals surface area (Å²) in [5, 5.41) is 3.18. The molecular weight excluding hydrogens is 265 g/mol. The van der Waals surface area contributed by atoms with Crippen LogP contribution in [0.2, 0.25) is 0 Å². The van der Waals surface area contributed by atoms with Crippen molar-refractivity contribution in [2.75, 3.05) is 13.1 Å². The molecule has 0 aliphatic rings. The molecule has 1 aromatic carbocycles. The molecule has 1 atom stereocenters. The van der Waals surface area contributed by atoms with Crippen molar-refractivity contribution in [1.29, 1.82) is 0 Å². The second kappa shape index (κ2) is 7.64. The van der Waals surface area contributed by atoms with Gasteiger partial charge in [-0.05, 0) is 24.1 Å². The maximum absolute atomic E-state index is 13.0. The Kier molecular flexibility index (Phi) is 6.49. The minimum atomic E-state index is -4.35. The van der Waals surface area contributed by atoms with E-state index in [1.54, 1.807) is 6.07 Å². The second-order valence-electron chi connectivity index (χ2n) is 4.96. The first-order valence-corrected chi connectivity index (χ1v) is 7.03. The van der Waals surface area contributed by atoms with Crippen LogP contribution in [-0.4, -0.2) is 13.1 Å². The molecule has 114 valence electrons. The lowest BCUT2D eigenvalue weighted by molar-refractivity contribution is -0.138. The van der Waals surface area contributed by atoms with E-state index in [1.807, 2.05) is 0 Å². The van der Waals surface area contributed by atoms with Gasteiger partial charge in [0.05, 0.1) is 5.56 Å². The predicted octanol–water partition coefficient (Wildman–Crippen LogP) is 3.73. The average molecular weight is 288 g/mol. The molecule has 1 rings (SSSR count). The highest BCUT2D eigenvalue weighted by Crippen LogP contribution is 2.34. The normalized spacial score (nSPS) is 13.8. The van der Waals surface area contributed by atoms with Crippen molar-refractivity contribution in [2.45, 2.75) is 38.9 Å². The van der Waals surface area contributed by atoms with Crippen LogP contribution in [0, 0.1) is 5.92 Å². The fraction of sp³-hybridized carbons (Fsp3) is 0.600. The van der Waals surface area contributed by atoms with E-state index in [4.69, 9.17) is 5.73 Å². The zero-order valence-electron chi connectivity index (χ0n) is 12.0. The summed E-state index contributed by atoms with van der Waals surface area (Å²) in [6.07, 6.45) is -2.34. The van der Waals surface area contributed by atoms with Gasteiger partial charge in [-0.2, -0.15) is 13.2 Å². The molecule has 0 aliphatic carbocycles. The van der Waals surface area contributed by atoms with Crippen LogP contribution in [0.5, 0.6) is 0 Å². The number of nitrogens with one attached hydrogen (secondary N) is 1. The van der Waals surface area contributed by atoms with E-state index in [1.165, 1.54) is 12.1 Å². The minimum absolute atomic E-state index is 0.146. The molecule has 0 aliphatic heterocycles. The molecule has 0 aromatic heterocycles. The van der Waals surface area contributed by atoms with Gasteiger partial charge in [-0.1, -0.05) is 44.9 Å². The highest BCUT2D eigenvalue weighted by molar-refractivity contribution is 5.32. The van der Waals surface area contributed by atoms with Gasteiger partial charge in [0.15, 0.2) is 0 Å². The van der Waals surface area contributed by atoms with E-state index in [2.05, 4.69) is 19.2 Å². The van der Waals surface area contributed by atoms with E-state index in [0.717, 1.165) is 18.9 Å². The fourth-order valence-electron chi connectivity index (χ4n) is 2.27. The van der Waals surface area contributed by atoms with Crippen molar-refractivity contribution >= 4 is 0 Å². The van der Waals surface area contributed by atoms with Gasteiger partial charge in [0.2, 0.25) is 0 Å². The summed E-state index contributed by atoms with van der Waals surface area (Å²) in [6, 6.07) is 5.16. The Labute approximate surface area is 118 Å². The monoisotopic (exact) mass is 288 g/mol. The summed E-state index contributed by atoms with van der Waals surface area (Å²) in [4.78, 5) is 0.